The van der Waals surface area contributed by atoms with E-state index in [1.807, 2.05) is 0 Å². The molecule has 0 saturated heterocycles. The Morgan fingerprint density at radius 2 is 0.402 bits per heavy atom. The normalized spacial score (nSPS) is 15.7. The molecular weight excluding hydrogens is 985 g/mol. The van der Waals surface area contributed by atoms with Crippen LogP contribution in [-0.4, -0.2) is 0 Å². The average Bonchev–Trinajstić information content (AvgIpc) is 2.04. The van der Waals surface area contributed by atoms with E-state index in [1.54, 1.807) is 0 Å². The Morgan fingerprint density at radius 1 is 0.171 bits per heavy atom. The van der Waals surface area contributed by atoms with Gasteiger partial charge in [0.05, 0.1) is 0 Å². The standard InChI is InChI=1S/C82H62/c1-79(2)67-31-19-17-25-55(67)57-39-37-49(41-69(57)79)65-45-73-77(61-29-15-11-23-53(61)65)75-59-27-13-9-21-51(59)63(43-71(75)81(73,5)6)47-33-35-48(36-34-47)64-44-72-76(60-28-14-10-22-52(60)64)78-62-30-16-12-24-54(62)66(46-74(78)82(72,7)8)50-38-40-58-56-26-18-20-32-68(56)80(3,4)70(58)42-50/h9-46H,1-8H3. The Morgan fingerprint density at radius 3 is 0.720 bits per heavy atom. The molecule has 0 aromatic heterocycles. The number of hydrogen-bond donors (Lipinski definition) is 0. The van der Waals surface area contributed by atoms with Crippen LogP contribution in [0.1, 0.15) is 99.9 Å². The van der Waals surface area contributed by atoms with Crippen molar-refractivity contribution < 1.29 is 0 Å². The van der Waals surface area contributed by atoms with E-state index in [2.05, 4.69) is 286 Å². The van der Waals surface area contributed by atoms with Crippen LogP contribution in [-0.2, 0) is 21.7 Å². The van der Waals surface area contributed by atoms with Crippen LogP contribution in [0.25, 0.3) is 132 Å². The summed E-state index contributed by atoms with van der Waals surface area (Å²) in [5.41, 5.74) is 31.7. The molecule has 390 valence electrons. The lowest BCUT2D eigenvalue weighted by Gasteiger charge is -2.25. The van der Waals surface area contributed by atoms with E-state index >= 15 is 0 Å². The lowest BCUT2D eigenvalue weighted by atomic mass is 9.78. The van der Waals surface area contributed by atoms with Crippen molar-refractivity contribution in [2.24, 2.45) is 0 Å². The van der Waals surface area contributed by atoms with Crippen molar-refractivity contribution in [3.63, 3.8) is 0 Å². The van der Waals surface area contributed by atoms with E-state index < -0.39 is 0 Å². The topological polar surface area (TPSA) is 0 Å². The highest BCUT2D eigenvalue weighted by molar-refractivity contribution is 6.19. The van der Waals surface area contributed by atoms with Gasteiger partial charge in [0.1, 0.15) is 0 Å². The molecule has 0 aliphatic heterocycles. The van der Waals surface area contributed by atoms with Crippen molar-refractivity contribution in [3.8, 4) is 89.0 Å². The van der Waals surface area contributed by atoms with Crippen molar-refractivity contribution in [2.75, 3.05) is 0 Å². The van der Waals surface area contributed by atoms with Gasteiger partial charge in [0.25, 0.3) is 0 Å². The van der Waals surface area contributed by atoms with E-state index in [9.17, 15) is 0 Å². The summed E-state index contributed by atoms with van der Waals surface area (Å²) in [6.45, 7) is 19.4. The molecule has 4 aliphatic rings. The minimum atomic E-state index is -0.251. The van der Waals surface area contributed by atoms with Crippen LogP contribution in [0.5, 0.6) is 0 Å². The summed E-state index contributed by atoms with van der Waals surface area (Å²) in [7, 11) is 0. The smallest absolute Gasteiger partial charge is 0.0159 e. The predicted molar refractivity (Wildman–Crippen MR) is 348 cm³/mol. The molecule has 0 fully saturated rings. The molecule has 0 N–H and O–H groups in total. The van der Waals surface area contributed by atoms with E-state index in [0.717, 1.165) is 0 Å². The zero-order valence-electron chi connectivity index (χ0n) is 47.9. The minimum Gasteiger partial charge on any atom is -0.0619 e. The van der Waals surface area contributed by atoms with Crippen LogP contribution in [0, 0.1) is 0 Å². The van der Waals surface area contributed by atoms with E-state index in [0.29, 0.717) is 0 Å². The molecule has 0 spiro atoms. The zero-order chi connectivity index (χ0) is 55.3. The molecule has 0 heterocycles. The predicted octanol–water partition coefficient (Wildman–Crippen LogP) is 22.2. The second kappa shape index (κ2) is 16.3. The Balaban J connectivity index is 0.778. The van der Waals surface area contributed by atoms with Gasteiger partial charge < -0.3 is 0 Å². The maximum atomic E-state index is 2.55. The Bertz CT molecular complexity index is 4690. The van der Waals surface area contributed by atoms with Crippen molar-refractivity contribution in [1.29, 1.82) is 0 Å². The summed E-state index contributed by atoms with van der Waals surface area (Å²) >= 11 is 0. The summed E-state index contributed by atoms with van der Waals surface area (Å²) in [6.07, 6.45) is 0. The van der Waals surface area contributed by atoms with Crippen molar-refractivity contribution >= 4 is 43.1 Å². The summed E-state index contributed by atoms with van der Waals surface area (Å²) in [6, 6.07) is 88.8. The molecule has 0 unspecified atom stereocenters. The molecule has 4 aliphatic carbocycles. The van der Waals surface area contributed by atoms with Gasteiger partial charge in [-0.15, -0.1) is 0 Å². The van der Waals surface area contributed by atoms with Gasteiger partial charge in [-0.05, 0) is 213 Å². The molecule has 0 amide bonds. The summed E-state index contributed by atoms with van der Waals surface area (Å²) in [4.78, 5) is 0. The fourth-order valence-corrected chi connectivity index (χ4v) is 16.4. The maximum absolute atomic E-state index is 2.55. The van der Waals surface area contributed by atoms with E-state index in [1.165, 1.54) is 177 Å². The summed E-state index contributed by atoms with van der Waals surface area (Å²) in [5, 5.41) is 10.5. The van der Waals surface area contributed by atoms with Crippen LogP contribution >= 0.6 is 0 Å². The molecule has 0 saturated carbocycles. The van der Waals surface area contributed by atoms with Gasteiger partial charge in [-0.25, -0.2) is 0 Å². The molecule has 0 nitrogen and oxygen atoms in total. The Labute approximate surface area is 481 Å². The van der Waals surface area contributed by atoms with Gasteiger partial charge in [0.15, 0.2) is 0 Å². The fraction of sp³-hybridized carbons (Fsp3) is 0.146. The third kappa shape index (κ3) is 6.17. The number of benzene rings is 13. The first kappa shape index (κ1) is 47.7. The molecule has 0 atom stereocenters. The van der Waals surface area contributed by atoms with Crippen molar-refractivity contribution in [2.45, 2.75) is 77.0 Å². The van der Waals surface area contributed by atoms with Gasteiger partial charge in [-0.3, -0.25) is 0 Å². The highest BCUT2D eigenvalue weighted by Gasteiger charge is 2.42. The third-order valence-electron chi connectivity index (χ3n) is 20.7. The first-order valence-corrected chi connectivity index (χ1v) is 29.6. The van der Waals surface area contributed by atoms with Crippen molar-refractivity contribution in [1.82, 2.24) is 0 Å². The highest BCUT2D eigenvalue weighted by atomic mass is 14.5. The quantitative estimate of drug-likeness (QED) is 0.165. The lowest BCUT2D eigenvalue weighted by Crippen LogP contribution is -2.16. The van der Waals surface area contributed by atoms with Crippen LogP contribution in [0.2, 0.25) is 0 Å². The first-order chi connectivity index (χ1) is 39.7. The first-order valence-electron chi connectivity index (χ1n) is 29.6. The van der Waals surface area contributed by atoms with Crippen molar-refractivity contribution in [3.05, 3.63) is 275 Å². The van der Waals surface area contributed by atoms with Crippen LogP contribution in [0.4, 0.5) is 0 Å². The van der Waals surface area contributed by atoms with Gasteiger partial charge in [-0.1, -0.05) is 250 Å². The van der Waals surface area contributed by atoms with Gasteiger partial charge in [0, 0.05) is 21.7 Å². The minimum absolute atomic E-state index is 0.0759. The van der Waals surface area contributed by atoms with Gasteiger partial charge in [0.2, 0.25) is 0 Å². The molecular formula is C82H62. The van der Waals surface area contributed by atoms with Gasteiger partial charge >= 0.3 is 0 Å². The number of fused-ring (bicyclic) bond motifs is 20. The second-order valence-electron chi connectivity index (χ2n) is 26.3. The fourth-order valence-electron chi connectivity index (χ4n) is 16.4. The maximum Gasteiger partial charge on any atom is 0.0159 e. The summed E-state index contributed by atoms with van der Waals surface area (Å²) < 4.78 is 0. The molecule has 0 heteroatoms. The molecule has 13 aromatic carbocycles. The second-order valence-corrected chi connectivity index (χ2v) is 26.3. The Kier molecular flexibility index (Phi) is 9.48. The monoisotopic (exact) mass is 1050 g/mol. The molecule has 0 bridgehead atoms. The van der Waals surface area contributed by atoms with Crippen LogP contribution in [0.15, 0.2) is 231 Å². The zero-order valence-corrected chi connectivity index (χ0v) is 47.9. The Hall–Kier alpha value is -9.10. The van der Waals surface area contributed by atoms with Crippen LogP contribution in [0.3, 0.4) is 0 Å². The van der Waals surface area contributed by atoms with E-state index in [4.69, 9.17) is 0 Å². The molecule has 82 heavy (non-hydrogen) atoms. The SMILES string of the molecule is CC1(C)c2ccccc2-c2ccc(-c3cc4c(c5ccccc35)-c3c(cc(-c5ccc(-c6cc7c(c8ccccc68)-c6c(cc(-c8ccc9c(c8)C(C)(C)c8ccccc8-9)c8ccccc68)C7(C)C)cc5)c5ccccc35)C4(C)C)cc21. The van der Waals surface area contributed by atoms with Crippen LogP contribution < -0.4 is 0 Å². The number of hydrogen-bond acceptors (Lipinski definition) is 0. The van der Waals surface area contributed by atoms with Gasteiger partial charge in [-0.2, -0.15) is 0 Å². The lowest BCUT2D eigenvalue weighted by molar-refractivity contribution is 0.660. The summed E-state index contributed by atoms with van der Waals surface area (Å²) in [5.74, 6) is 0. The molecule has 13 aromatic rings. The number of rotatable bonds is 4. The highest BCUT2D eigenvalue weighted by Crippen LogP contribution is 2.60. The largest absolute Gasteiger partial charge is 0.0619 e. The molecule has 17 rings (SSSR count). The average molecular weight is 1050 g/mol. The van der Waals surface area contributed by atoms with E-state index in [-0.39, 0.29) is 21.7 Å². The third-order valence-corrected chi connectivity index (χ3v) is 20.7. The molecule has 0 radical (unpaired) electrons.